The van der Waals surface area contributed by atoms with E-state index in [4.69, 9.17) is 9.47 Å². The third kappa shape index (κ3) is 4.97. The number of anilines is 1. The maximum absolute atomic E-state index is 12.5. The minimum atomic E-state index is -0.625. The fourth-order valence-corrected chi connectivity index (χ4v) is 3.12. The molecule has 0 fully saturated rings. The van der Waals surface area contributed by atoms with Crippen LogP contribution in [-0.2, 0) is 11.4 Å². The van der Waals surface area contributed by atoms with Crippen LogP contribution in [0.3, 0.4) is 0 Å². The molecule has 0 bridgehead atoms. The Bertz CT molecular complexity index is 1120. The van der Waals surface area contributed by atoms with Crippen LogP contribution < -0.4 is 14.8 Å². The molecule has 1 N–H and O–H groups in total. The zero-order valence-electron chi connectivity index (χ0n) is 16.7. The molecule has 30 heavy (non-hydrogen) atoms. The summed E-state index contributed by atoms with van der Waals surface area (Å²) in [6, 6.07) is 31.2. The van der Waals surface area contributed by atoms with Gasteiger partial charge in [-0.1, -0.05) is 60.7 Å². The molecule has 4 nitrogen and oxygen atoms in total. The molecule has 0 aromatic heterocycles. The number of benzene rings is 4. The Kier molecular flexibility index (Phi) is 5.95. The number of carbonyl (C=O) groups excluding carboxylic acids is 1. The van der Waals surface area contributed by atoms with Crippen LogP contribution in [0.25, 0.3) is 10.8 Å². The van der Waals surface area contributed by atoms with Crippen molar-refractivity contribution in [2.45, 2.75) is 19.6 Å². The number of hydrogen-bond donors (Lipinski definition) is 1. The molecule has 0 aliphatic carbocycles. The van der Waals surface area contributed by atoms with Gasteiger partial charge in [-0.15, -0.1) is 0 Å². The number of nitrogens with one attached hydrogen (secondary N) is 1. The van der Waals surface area contributed by atoms with Gasteiger partial charge in [-0.25, -0.2) is 0 Å². The lowest BCUT2D eigenvalue weighted by Crippen LogP contribution is -2.30. The van der Waals surface area contributed by atoms with Gasteiger partial charge in [0.1, 0.15) is 18.1 Å². The van der Waals surface area contributed by atoms with E-state index in [2.05, 4.69) is 5.32 Å². The Balaban J connectivity index is 1.32. The second-order valence-corrected chi connectivity index (χ2v) is 7.06. The van der Waals surface area contributed by atoms with Gasteiger partial charge in [-0.05, 0) is 59.7 Å². The SMILES string of the molecule is CC(Oc1ccc2ccccc2c1)C(=O)Nc1ccc(OCc2ccccc2)cc1. The Morgan fingerprint density at radius 3 is 2.23 bits per heavy atom. The molecule has 0 radical (unpaired) electrons. The minimum absolute atomic E-state index is 0.207. The van der Waals surface area contributed by atoms with Crippen LogP contribution in [0.2, 0.25) is 0 Å². The van der Waals surface area contributed by atoms with Gasteiger partial charge in [0.25, 0.3) is 5.91 Å². The average Bonchev–Trinajstić information content (AvgIpc) is 2.79. The summed E-state index contributed by atoms with van der Waals surface area (Å²) in [6.07, 6.45) is -0.625. The van der Waals surface area contributed by atoms with Crippen molar-refractivity contribution in [1.29, 1.82) is 0 Å². The summed E-state index contributed by atoms with van der Waals surface area (Å²) in [7, 11) is 0. The fraction of sp³-hybridized carbons (Fsp3) is 0.115. The second kappa shape index (κ2) is 9.14. The quantitative estimate of drug-likeness (QED) is 0.427. The molecule has 4 aromatic carbocycles. The highest BCUT2D eigenvalue weighted by atomic mass is 16.5. The molecule has 0 saturated heterocycles. The molecule has 150 valence electrons. The molecule has 0 saturated carbocycles. The molecule has 4 rings (SSSR count). The van der Waals surface area contributed by atoms with Crippen LogP contribution in [0.5, 0.6) is 11.5 Å². The topological polar surface area (TPSA) is 47.6 Å². The van der Waals surface area contributed by atoms with Crippen LogP contribution in [0.15, 0.2) is 97.1 Å². The van der Waals surface area contributed by atoms with Crippen LogP contribution in [-0.4, -0.2) is 12.0 Å². The van der Waals surface area contributed by atoms with Crippen LogP contribution >= 0.6 is 0 Å². The Labute approximate surface area is 176 Å². The molecule has 1 amide bonds. The Hall–Kier alpha value is -3.79. The van der Waals surface area contributed by atoms with E-state index < -0.39 is 6.10 Å². The third-order valence-electron chi connectivity index (χ3n) is 4.77. The van der Waals surface area contributed by atoms with Gasteiger partial charge in [-0.3, -0.25) is 4.79 Å². The van der Waals surface area contributed by atoms with Crippen LogP contribution in [0.1, 0.15) is 12.5 Å². The van der Waals surface area contributed by atoms with Crippen molar-refractivity contribution >= 4 is 22.4 Å². The monoisotopic (exact) mass is 397 g/mol. The maximum atomic E-state index is 12.5. The van der Waals surface area contributed by atoms with Gasteiger partial charge in [0.15, 0.2) is 6.10 Å². The van der Waals surface area contributed by atoms with E-state index in [0.29, 0.717) is 18.0 Å². The Morgan fingerprint density at radius 1 is 0.800 bits per heavy atom. The number of ether oxygens (including phenoxy) is 2. The predicted octanol–water partition coefficient (Wildman–Crippen LogP) is 5.82. The van der Waals surface area contributed by atoms with E-state index in [0.717, 1.165) is 22.1 Å². The molecule has 4 heteroatoms. The van der Waals surface area contributed by atoms with Gasteiger partial charge >= 0.3 is 0 Å². The first-order chi connectivity index (χ1) is 14.7. The first-order valence-electron chi connectivity index (χ1n) is 9.90. The van der Waals surface area contributed by atoms with Crippen LogP contribution in [0.4, 0.5) is 5.69 Å². The summed E-state index contributed by atoms with van der Waals surface area (Å²) in [5, 5.41) is 5.09. The normalized spacial score (nSPS) is 11.6. The summed E-state index contributed by atoms with van der Waals surface area (Å²) in [6.45, 7) is 2.24. The summed E-state index contributed by atoms with van der Waals surface area (Å²) in [4.78, 5) is 12.5. The molecule has 0 aliphatic heterocycles. The first-order valence-corrected chi connectivity index (χ1v) is 9.90. The summed E-state index contributed by atoms with van der Waals surface area (Å²) in [5.74, 6) is 1.21. The van der Waals surface area contributed by atoms with Gasteiger partial charge in [-0.2, -0.15) is 0 Å². The molecule has 0 aliphatic rings. The van der Waals surface area contributed by atoms with Crippen molar-refractivity contribution in [2.75, 3.05) is 5.32 Å². The van der Waals surface area contributed by atoms with Gasteiger partial charge in [0.05, 0.1) is 0 Å². The maximum Gasteiger partial charge on any atom is 0.265 e. The van der Waals surface area contributed by atoms with E-state index in [1.165, 1.54) is 0 Å². The molecule has 1 unspecified atom stereocenters. The smallest absolute Gasteiger partial charge is 0.265 e. The number of amides is 1. The first kappa shape index (κ1) is 19.5. The van der Waals surface area contributed by atoms with E-state index in [1.807, 2.05) is 97.1 Å². The van der Waals surface area contributed by atoms with Gasteiger partial charge < -0.3 is 14.8 Å². The molecular weight excluding hydrogens is 374 g/mol. The highest BCUT2D eigenvalue weighted by Gasteiger charge is 2.15. The zero-order chi connectivity index (χ0) is 20.8. The van der Waals surface area contributed by atoms with E-state index in [1.54, 1.807) is 6.92 Å². The summed E-state index contributed by atoms with van der Waals surface area (Å²) in [5.41, 5.74) is 1.80. The lowest BCUT2D eigenvalue weighted by atomic mass is 10.1. The lowest BCUT2D eigenvalue weighted by Gasteiger charge is -2.15. The second-order valence-electron chi connectivity index (χ2n) is 7.06. The Morgan fingerprint density at radius 2 is 1.47 bits per heavy atom. The molecule has 0 heterocycles. The van der Waals surface area contributed by atoms with Crippen molar-refractivity contribution in [3.63, 3.8) is 0 Å². The highest BCUT2D eigenvalue weighted by molar-refractivity contribution is 5.94. The minimum Gasteiger partial charge on any atom is -0.489 e. The molecule has 0 spiro atoms. The summed E-state index contributed by atoms with van der Waals surface area (Å²) < 4.78 is 11.6. The molecule has 4 aromatic rings. The fourth-order valence-electron chi connectivity index (χ4n) is 3.12. The van der Waals surface area contributed by atoms with Crippen molar-refractivity contribution in [1.82, 2.24) is 0 Å². The van der Waals surface area contributed by atoms with Gasteiger partial charge in [0.2, 0.25) is 0 Å². The summed E-state index contributed by atoms with van der Waals surface area (Å²) >= 11 is 0. The van der Waals surface area contributed by atoms with Crippen molar-refractivity contribution in [3.8, 4) is 11.5 Å². The van der Waals surface area contributed by atoms with Crippen molar-refractivity contribution in [3.05, 3.63) is 103 Å². The average molecular weight is 397 g/mol. The standard InChI is InChI=1S/C26H23NO3/c1-19(30-25-14-11-21-9-5-6-10-22(21)17-25)26(28)27-23-12-15-24(16-13-23)29-18-20-7-3-2-4-8-20/h2-17,19H,18H2,1H3,(H,27,28). The largest absolute Gasteiger partial charge is 0.489 e. The zero-order valence-corrected chi connectivity index (χ0v) is 16.7. The number of rotatable bonds is 7. The van der Waals surface area contributed by atoms with E-state index >= 15 is 0 Å². The highest BCUT2D eigenvalue weighted by Crippen LogP contribution is 2.22. The molecule has 1 atom stereocenters. The predicted molar refractivity (Wildman–Crippen MR) is 120 cm³/mol. The number of hydrogen-bond acceptors (Lipinski definition) is 3. The lowest BCUT2D eigenvalue weighted by molar-refractivity contribution is -0.122. The van der Waals surface area contributed by atoms with Crippen molar-refractivity contribution in [2.24, 2.45) is 0 Å². The van der Waals surface area contributed by atoms with E-state index in [-0.39, 0.29) is 5.91 Å². The van der Waals surface area contributed by atoms with E-state index in [9.17, 15) is 4.79 Å². The molecular formula is C26H23NO3. The van der Waals surface area contributed by atoms with Crippen LogP contribution in [0, 0.1) is 0 Å². The third-order valence-corrected chi connectivity index (χ3v) is 4.77. The van der Waals surface area contributed by atoms with Gasteiger partial charge in [0, 0.05) is 5.69 Å². The number of fused-ring (bicyclic) bond motifs is 1. The number of carbonyl (C=O) groups is 1. The van der Waals surface area contributed by atoms with Crippen molar-refractivity contribution < 1.29 is 14.3 Å².